The normalized spacial score (nSPS) is 14.3. The second kappa shape index (κ2) is 3.87. The summed E-state index contributed by atoms with van der Waals surface area (Å²) in [6, 6.07) is 3.81. The van der Waals surface area contributed by atoms with Gasteiger partial charge < -0.3 is 14.0 Å². The van der Waals surface area contributed by atoms with Crippen molar-refractivity contribution < 1.29 is 14.0 Å². The number of alkyl halides is 1. The lowest BCUT2D eigenvalue weighted by molar-refractivity contribution is 0.171. The quantitative estimate of drug-likeness (QED) is 0.755. The van der Waals surface area contributed by atoms with Crippen LogP contribution in [-0.2, 0) is 6.42 Å². The number of fused-ring (bicyclic) bond motifs is 3. The lowest BCUT2D eigenvalue weighted by Crippen LogP contribution is -2.15. The number of hydrogen-bond donors (Lipinski definition) is 0. The van der Waals surface area contributed by atoms with Crippen LogP contribution in [0, 0.1) is 0 Å². The van der Waals surface area contributed by atoms with E-state index in [9.17, 15) is 0 Å². The molecule has 0 amide bonds. The number of ether oxygens (including phenoxy) is 2. The van der Waals surface area contributed by atoms with E-state index in [1.807, 2.05) is 12.1 Å². The number of halogens is 1. The molecule has 5 heteroatoms. The zero-order valence-corrected chi connectivity index (χ0v) is 9.29. The molecule has 3 rings (SSSR count). The molecule has 84 valence electrons. The summed E-state index contributed by atoms with van der Waals surface area (Å²) in [7, 11) is 0. The maximum atomic E-state index is 5.70. The van der Waals surface area contributed by atoms with E-state index in [0.717, 1.165) is 11.1 Å². The first-order chi connectivity index (χ1) is 7.90. The molecule has 0 spiro atoms. The molecule has 0 N–H and O–H groups in total. The highest BCUT2D eigenvalue weighted by Crippen LogP contribution is 2.38. The SMILES string of the molecule is ClCCc1noc2c3c(ccc12)OCCO3. The van der Waals surface area contributed by atoms with Crippen molar-refractivity contribution >= 4 is 22.6 Å². The lowest BCUT2D eigenvalue weighted by atomic mass is 10.1. The Hall–Kier alpha value is -1.42. The second-order valence-electron chi connectivity index (χ2n) is 3.53. The van der Waals surface area contributed by atoms with Crippen LogP contribution in [0.4, 0.5) is 0 Å². The maximum Gasteiger partial charge on any atom is 0.212 e. The Morgan fingerprint density at radius 2 is 2.12 bits per heavy atom. The summed E-state index contributed by atoms with van der Waals surface area (Å²) in [4.78, 5) is 0. The Morgan fingerprint density at radius 3 is 3.00 bits per heavy atom. The molecule has 1 aromatic heterocycles. The van der Waals surface area contributed by atoms with Crippen molar-refractivity contribution in [2.45, 2.75) is 6.42 Å². The molecular weight excluding hydrogens is 230 g/mol. The lowest BCUT2D eigenvalue weighted by Gasteiger charge is -2.17. The Morgan fingerprint density at radius 1 is 1.25 bits per heavy atom. The van der Waals surface area contributed by atoms with Crippen molar-refractivity contribution in [3.05, 3.63) is 17.8 Å². The molecule has 0 saturated heterocycles. The Kier molecular flexibility index (Phi) is 2.36. The van der Waals surface area contributed by atoms with E-state index in [1.54, 1.807) is 0 Å². The molecule has 0 fully saturated rings. The summed E-state index contributed by atoms with van der Waals surface area (Å²) in [6.45, 7) is 1.11. The van der Waals surface area contributed by atoms with E-state index in [2.05, 4.69) is 5.16 Å². The molecule has 0 saturated carbocycles. The third-order valence-corrected chi connectivity index (χ3v) is 2.74. The van der Waals surface area contributed by atoms with E-state index in [0.29, 0.717) is 42.6 Å². The molecular formula is C11H10ClNO3. The van der Waals surface area contributed by atoms with Crippen LogP contribution < -0.4 is 9.47 Å². The van der Waals surface area contributed by atoms with Crippen molar-refractivity contribution in [2.75, 3.05) is 19.1 Å². The van der Waals surface area contributed by atoms with Gasteiger partial charge in [0.25, 0.3) is 0 Å². The van der Waals surface area contributed by atoms with E-state index in [1.165, 1.54) is 0 Å². The summed E-state index contributed by atoms with van der Waals surface area (Å²) in [5.41, 5.74) is 1.51. The van der Waals surface area contributed by atoms with Gasteiger partial charge in [0, 0.05) is 17.7 Å². The standard InChI is InChI=1S/C11H10ClNO3/c12-4-3-8-7-1-2-9-11(10(7)16-13-8)15-6-5-14-9/h1-2H,3-6H2. The van der Waals surface area contributed by atoms with Gasteiger partial charge in [0.05, 0.1) is 5.69 Å². The van der Waals surface area contributed by atoms with Gasteiger partial charge in [-0.15, -0.1) is 11.6 Å². The molecule has 16 heavy (non-hydrogen) atoms. The fourth-order valence-electron chi connectivity index (χ4n) is 1.83. The van der Waals surface area contributed by atoms with Crippen LogP contribution in [-0.4, -0.2) is 24.3 Å². The highest BCUT2D eigenvalue weighted by Gasteiger charge is 2.20. The first-order valence-corrected chi connectivity index (χ1v) is 5.66. The maximum absolute atomic E-state index is 5.70. The Balaban J connectivity index is 2.17. The van der Waals surface area contributed by atoms with E-state index in [-0.39, 0.29) is 0 Å². The minimum absolute atomic E-state index is 0.524. The van der Waals surface area contributed by atoms with Gasteiger partial charge in [-0.1, -0.05) is 5.16 Å². The Labute approximate surface area is 97.1 Å². The number of nitrogens with zero attached hydrogens (tertiary/aromatic N) is 1. The molecule has 1 aliphatic heterocycles. The van der Waals surface area contributed by atoms with Crippen molar-refractivity contribution in [3.8, 4) is 11.5 Å². The fourth-order valence-corrected chi connectivity index (χ4v) is 2.01. The van der Waals surface area contributed by atoms with Crippen LogP contribution in [0.15, 0.2) is 16.7 Å². The summed E-state index contributed by atoms with van der Waals surface area (Å²) in [6.07, 6.45) is 0.689. The molecule has 0 radical (unpaired) electrons. The number of aromatic nitrogens is 1. The minimum atomic E-state index is 0.524. The molecule has 0 aliphatic carbocycles. The van der Waals surface area contributed by atoms with Gasteiger partial charge in [0.2, 0.25) is 11.3 Å². The number of rotatable bonds is 2. The van der Waals surface area contributed by atoms with E-state index in [4.69, 9.17) is 25.6 Å². The van der Waals surface area contributed by atoms with Crippen LogP contribution in [0.1, 0.15) is 5.69 Å². The monoisotopic (exact) mass is 239 g/mol. The molecule has 0 unspecified atom stereocenters. The minimum Gasteiger partial charge on any atom is -0.486 e. The van der Waals surface area contributed by atoms with Crippen LogP contribution in [0.5, 0.6) is 11.5 Å². The third kappa shape index (κ3) is 1.41. The highest BCUT2D eigenvalue weighted by molar-refractivity contribution is 6.18. The molecule has 2 aromatic rings. The average molecular weight is 240 g/mol. The van der Waals surface area contributed by atoms with Gasteiger partial charge >= 0.3 is 0 Å². The first kappa shape index (κ1) is 9.78. The Bertz CT molecular complexity index is 523. The van der Waals surface area contributed by atoms with Crippen molar-refractivity contribution in [1.82, 2.24) is 5.16 Å². The molecule has 4 nitrogen and oxygen atoms in total. The summed E-state index contributed by atoms with van der Waals surface area (Å²) in [5.74, 6) is 1.89. The van der Waals surface area contributed by atoms with Crippen LogP contribution in [0.2, 0.25) is 0 Å². The van der Waals surface area contributed by atoms with Crippen LogP contribution in [0.3, 0.4) is 0 Å². The second-order valence-corrected chi connectivity index (χ2v) is 3.91. The van der Waals surface area contributed by atoms with Gasteiger partial charge in [0.15, 0.2) is 5.75 Å². The molecule has 1 aromatic carbocycles. The third-order valence-electron chi connectivity index (χ3n) is 2.55. The molecule has 0 bridgehead atoms. The summed E-state index contributed by atoms with van der Waals surface area (Å²) >= 11 is 5.70. The zero-order valence-electron chi connectivity index (χ0n) is 8.53. The zero-order chi connectivity index (χ0) is 11.0. The fraction of sp³-hybridized carbons (Fsp3) is 0.364. The first-order valence-electron chi connectivity index (χ1n) is 5.13. The van der Waals surface area contributed by atoms with Crippen molar-refractivity contribution in [1.29, 1.82) is 0 Å². The smallest absolute Gasteiger partial charge is 0.212 e. The van der Waals surface area contributed by atoms with Gasteiger partial charge in [-0.2, -0.15) is 0 Å². The number of benzene rings is 1. The molecule has 2 heterocycles. The molecule has 0 atom stereocenters. The molecule has 1 aliphatic rings. The van der Waals surface area contributed by atoms with Gasteiger partial charge in [-0.3, -0.25) is 0 Å². The van der Waals surface area contributed by atoms with Gasteiger partial charge in [-0.25, -0.2) is 0 Å². The highest BCUT2D eigenvalue weighted by atomic mass is 35.5. The summed E-state index contributed by atoms with van der Waals surface area (Å²) < 4.78 is 16.3. The topological polar surface area (TPSA) is 44.5 Å². The van der Waals surface area contributed by atoms with Gasteiger partial charge in [-0.05, 0) is 12.1 Å². The predicted octanol–water partition coefficient (Wildman–Crippen LogP) is 2.38. The van der Waals surface area contributed by atoms with Crippen molar-refractivity contribution in [2.24, 2.45) is 0 Å². The van der Waals surface area contributed by atoms with Crippen LogP contribution in [0.25, 0.3) is 11.0 Å². The van der Waals surface area contributed by atoms with E-state index < -0.39 is 0 Å². The van der Waals surface area contributed by atoms with Crippen molar-refractivity contribution in [3.63, 3.8) is 0 Å². The number of aryl methyl sites for hydroxylation is 1. The summed E-state index contributed by atoms with van der Waals surface area (Å²) in [5, 5.41) is 4.95. The number of hydrogen-bond acceptors (Lipinski definition) is 4. The predicted molar refractivity (Wildman–Crippen MR) is 59.4 cm³/mol. The average Bonchev–Trinajstić information content (AvgIpc) is 2.73. The van der Waals surface area contributed by atoms with Crippen LogP contribution >= 0.6 is 11.6 Å². The largest absolute Gasteiger partial charge is 0.486 e. The van der Waals surface area contributed by atoms with Gasteiger partial charge in [0.1, 0.15) is 13.2 Å². The van der Waals surface area contributed by atoms with E-state index >= 15 is 0 Å².